The van der Waals surface area contributed by atoms with E-state index in [2.05, 4.69) is 0 Å². The first-order chi connectivity index (χ1) is 13.7. The van der Waals surface area contributed by atoms with Crippen LogP contribution in [-0.4, -0.2) is 47.2 Å². The van der Waals surface area contributed by atoms with Crippen molar-refractivity contribution in [3.05, 3.63) is 60.0 Å². The van der Waals surface area contributed by atoms with Crippen LogP contribution in [0, 0.1) is 17.2 Å². The number of piperidine rings is 1. The predicted molar refractivity (Wildman–Crippen MR) is 108 cm³/mol. The van der Waals surface area contributed by atoms with Gasteiger partial charge in [-0.1, -0.05) is 38.1 Å². The molecule has 1 aromatic carbocycles. The van der Waals surface area contributed by atoms with Gasteiger partial charge in [-0.3, -0.25) is 19.3 Å². The van der Waals surface area contributed by atoms with E-state index < -0.39 is 0 Å². The lowest BCUT2D eigenvalue weighted by atomic mass is 9.89. The van der Waals surface area contributed by atoms with Crippen LogP contribution in [0.3, 0.4) is 0 Å². The molecule has 3 rings (SSSR count). The number of benzene rings is 1. The largest absolute Gasteiger partial charge is 0.342 e. The zero-order chi connectivity index (χ0) is 21.0. The Labute approximate surface area is 170 Å². The van der Waals surface area contributed by atoms with E-state index in [4.69, 9.17) is 0 Å². The quantitative estimate of drug-likeness (QED) is 0.733. The van der Waals surface area contributed by atoms with Crippen molar-refractivity contribution in [2.75, 3.05) is 19.6 Å². The molecular formula is C23H27FN2O3. The summed E-state index contributed by atoms with van der Waals surface area (Å²) in [5.74, 6) is -0.642. The van der Waals surface area contributed by atoms with Crippen LogP contribution in [0.2, 0.25) is 0 Å². The lowest BCUT2D eigenvalue weighted by molar-refractivity contribution is -0.140. The van der Waals surface area contributed by atoms with Gasteiger partial charge in [0, 0.05) is 31.1 Å². The maximum atomic E-state index is 13.0. The average molecular weight is 398 g/mol. The van der Waals surface area contributed by atoms with E-state index in [1.54, 1.807) is 12.1 Å². The third-order valence-corrected chi connectivity index (χ3v) is 5.45. The van der Waals surface area contributed by atoms with Gasteiger partial charge in [-0.2, -0.15) is 0 Å². The number of hydrogen-bond acceptors (Lipinski definition) is 3. The van der Waals surface area contributed by atoms with Crippen molar-refractivity contribution in [1.82, 2.24) is 9.80 Å². The van der Waals surface area contributed by atoms with Crippen LogP contribution in [0.4, 0.5) is 4.39 Å². The molecule has 0 spiro atoms. The van der Waals surface area contributed by atoms with Crippen LogP contribution in [0.1, 0.15) is 32.3 Å². The van der Waals surface area contributed by atoms with Gasteiger partial charge in [-0.25, -0.2) is 4.39 Å². The normalized spacial score (nSPS) is 19.8. The molecule has 3 amide bonds. The molecule has 2 heterocycles. The predicted octanol–water partition coefficient (Wildman–Crippen LogP) is 3.11. The summed E-state index contributed by atoms with van der Waals surface area (Å²) in [6.45, 7) is 5.60. The summed E-state index contributed by atoms with van der Waals surface area (Å²) in [6.07, 6.45) is 8.47. The van der Waals surface area contributed by atoms with E-state index in [9.17, 15) is 18.8 Å². The van der Waals surface area contributed by atoms with Crippen molar-refractivity contribution in [2.45, 2.75) is 33.1 Å². The maximum Gasteiger partial charge on any atom is 0.253 e. The molecule has 2 aliphatic heterocycles. The van der Waals surface area contributed by atoms with Crippen LogP contribution in [0.15, 0.2) is 48.6 Å². The van der Waals surface area contributed by atoms with Crippen molar-refractivity contribution < 1.29 is 18.8 Å². The SMILES string of the molecule is CC1(C)C=CC(=O)N(C(=O)/C=C/C2CCN(C(=O)Cc3ccc(F)cc3)CC2)C1. The van der Waals surface area contributed by atoms with Crippen molar-refractivity contribution in [3.63, 3.8) is 0 Å². The number of amides is 3. The number of imide groups is 1. The van der Waals surface area contributed by atoms with Crippen molar-refractivity contribution in [1.29, 1.82) is 0 Å². The fourth-order valence-electron chi connectivity index (χ4n) is 3.65. The first kappa shape index (κ1) is 21.0. The summed E-state index contributed by atoms with van der Waals surface area (Å²) in [5, 5.41) is 0. The minimum Gasteiger partial charge on any atom is -0.342 e. The van der Waals surface area contributed by atoms with Crippen molar-refractivity contribution in [2.24, 2.45) is 11.3 Å². The molecule has 5 nitrogen and oxygen atoms in total. The monoisotopic (exact) mass is 398 g/mol. The zero-order valence-corrected chi connectivity index (χ0v) is 16.9. The van der Waals surface area contributed by atoms with Crippen LogP contribution >= 0.6 is 0 Å². The Balaban J connectivity index is 1.48. The summed E-state index contributed by atoms with van der Waals surface area (Å²) < 4.78 is 13.0. The smallest absolute Gasteiger partial charge is 0.253 e. The number of allylic oxidation sites excluding steroid dienone is 1. The Morgan fingerprint density at radius 1 is 1.17 bits per heavy atom. The molecule has 0 radical (unpaired) electrons. The van der Waals surface area contributed by atoms with Crippen LogP contribution < -0.4 is 0 Å². The second kappa shape index (κ2) is 8.72. The Morgan fingerprint density at radius 3 is 2.48 bits per heavy atom. The van der Waals surface area contributed by atoms with E-state index >= 15 is 0 Å². The third kappa shape index (κ3) is 5.62. The zero-order valence-electron chi connectivity index (χ0n) is 16.9. The second-order valence-electron chi connectivity index (χ2n) is 8.47. The number of halogens is 1. The Kier molecular flexibility index (Phi) is 6.30. The molecule has 0 bridgehead atoms. The standard InChI is InChI=1S/C23H27FN2O3/c1-23(2)12-9-21(28)26(16-23)20(27)8-5-17-10-13-25(14-11-17)22(29)15-18-3-6-19(24)7-4-18/h3-9,12,17H,10-11,13-16H2,1-2H3/b8-5+. The van der Waals surface area contributed by atoms with Crippen molar-refractivity contribution in [3.8, 4) is 0 Å². The molecule has 0 N–H and O–H groups in total. The highest BCUT2D eigenvalue weighted by atomic mass is 19.1. The summed E-state index contributed by atoms with van der Waals surface area (Å²) in [6, 6.07) is 5.99. The van der Waals surface area contributed by atoms with Gasteiger partial charge in [0.05, 0.1) is 6.42 Å². The van der Waals surface area contributed by atoms with Gasteiger partial charge in [0.2, 0.25) is 5.91 Å². The minimum absolute atomic E-state index is 0.0306. The summed E-state index contributed by atoms with van der Waals surface area (Å²) in [7, 11) is 0. The molecule has 1 fully saturated rings. The number of carbonyl (C=O) groups is 3. The summed E-state index contributed by atoms with van der Waals surface area (Å²) >= 11 is 0. The molecule has 2 aliphatic rings. The van der Waals surface area contributed by atoms with E-state index in [1.807, 2.05) is 30.9 Å². The van der Waals surface area contributed by atoms with Gasteiger partial charge >= 0.3 is 0 Å². The van der Waals surface area contributed by atoms with Gasteiger partial charge in [-0.15, -0.1) is 0 Å². The number of nitrogens with zero attached hydrogens (tertiary/aromatic N) is 2. The molecule has 0 aromatic heterocycles. The summed E-state index contributed by atoms with van der Waals surface area (Å²) in [5.41, 5.74) is 0.584. The lowest BCUT2D eigenvalue weighted by Crippen LogP contribution is -2.44. The lowest BCUT2D eigenvalue weighted by Gasteiger charge is -2.32. The fourth-order valence-corrected chi connectivity index (χ4v) is 3.65. The molecule has 1 saturated heterocycles. The number of carbonyl (C=O) groups excluding carboxylic acids is 3. The maximum absolute atomic E-state index is 13.0. The minimum atomic E-state index is -0.311. The van der Waals surface area contributed by atoms with Crippen LogP contribution in [0.25, 0.3) is 0 Å². The number of likely N-dealkylation sites (tertiary alicyclic amines) is 1. The van der Waals surface area contributed by atoms with Gasteiger partial charge in [0.15, 0.2) is 0 Å². The molecule has 0 aliphatic carbocycles. The molecule has 0 saturated carbocycles. The molecule has 0 unspecified atom stereocenters. The third-order valence-electron chi connectivity index (χ3n) is 5.45. The molecule has 1 aromatic rings. The first-order valence-corrected chi connectivity index (χ1v) is 9.99. The molecule has 6 heteroatoms. The highest BCUT2D eigenvalue weighted by Gasteiger charge is 2.30. The molecule has 154 valence electrons. The topological polar surface area (TPSA) is 57.7 Å². The number of rotatable bonds is 4. The summed E-state index contributed by atoms with van der Waals surface area (Å²) in [4.78, 5) is 39.9. The highest BCUT2D eigenvalue weighted by molar-refractivity contribution is 6.05. The van der Waals surface area contributed by atoms with Gasteiger partial charge in [0.25, 0.3) is 11.8 Å². The second-order valence-corrected chi connectivity index (χ2v) is 8.47. The van der Waals surface area contributed by atoms with E-state index in [1.165, 1.54) is 29.2 Å². The molecule has 0 atom stereocenters. The molecule has 29 heavy (non-hydrogen) atoms. The Morgan fingerprint density at radius 2 is 1.83 bits per heavy atom. The van der Waals surface area contributed by atoms with Gasteiger partial charge < -0.3 is 4.90 Å². The Bertz CT molecular complexity index is 834. The van der Waals surface area contributed by atoms with E-state index in [0.717, 1.165) is 18.4 Å². The average Bonchev–Trinajstić information content (AvgIpc) is 2.70. The first-order valence-electron chi connectivity index (χ1n) is 9.99. The van der Waals surface area contributed by atoms with Crippen LogP contribution in [-0.2, 0) is 20.8 Å². The van der Waals surface area contributed by atoms with Crippen LogP contribution in [0.5, 0.6) is 0 Å². The van der Waals surface area contributed by atoms with Gasteiger partial charge in [0.1, 0.15) is 5.82 Å². The van der Waals surface area contributed by atoms with Gasteiger partial charge in [-0.05, 0) is 42.5 Å². The number of hydrogen-bond donors (Lipinski definition) is 0. The highest BCUT2D eigenvalue weighted by Crippen LogP contribution is 2.24. The fraction of sp³-hybridized carbons (Fsp3) is 0.435. The van der Waals surface area contributed by atoms with Crippen molar-refractivity contribution >= 4 is 17.7 Å². The Hall–Kier alpha value is -2.76. The van der Waals surface area contributed by atoms with E-state index in [-0.39, 0.29) is 41.3 Å². The van der Waals surface area contributed by atoms with E-state index in [0.29, 0.717) is 19.6 Å². The molecular weight excluding hydrogens is 371 g/mol.